The highest BCUT2D eigenvalue weighted by Crippen LogP contribution is 2.39. The van der Waals surface area contributed by atoms with Crippen molar-refractivity contribution >= 4 is 0 Å². The summed E-state index contributed by atoms with van der Waals surface area (Å²) >= 11 is 0. The van der Waals surface area contributed by atoms with Gasteiger partial charge in [0.2, 0.25) is 0 Å². The molecule has 0 heterocycles. The van der Waals surface area contributed by atoms with Crippen LogP contribution in [0.15, 0.2) is 24.3 Å². The van der Waals surface area contributed by atoms with Crippen molar-refractivity contribution in [2.75, 3.05) is 21.1 Å². The van der Waals surface area contributed by atoms with Crippen LogP contribution in [0.5, 0.6) is 0 Å². The fourth-order valence-electron chi connectivity index (χ4n) is 4.22. The number of benzene rings is 1. The molecule has 1 N–H and O–H groups in total. The van der Waals surface area contributed by atoms with Gasteiger partial charge in [-0.25, -0.2) is 0 Å². The Morgan fingerprint density at radius 1 is 1.33 bits per heavy atom. The Kier molecular flexibility index (Phi) is 5.45. The molecule has 0 aromatic heterocycles. The molecule has 0 bridgehead atoms. The molecule has 3 unspecified atom stereocenters. The first-order valence-corrected chi connectivity index (χ1v) is 8.39. The van der Waals surface area contributed by atoms with Gasteiger partial charge in [-0.3, -0.25) is 0 Å². The second kappa shape index (κ2) is 6.93. The molecule has 118 valence electrons. The molecule has 0 aliphatic heterocycles. The van der Waals surface area contributed by atoms with Gasteiger partial charge in [-0.05, 0) is 64.4 Å². The van der Waals surface area contributed by atoms with Crippen molar-refractivity contribution in [3.05, 3.63) is 35.4 Å². The average Bonchev–Trinajstić information content (AvgIpc) is 2.46. The minimum Gasteiger partial charge on any atom is -0.315 e. The second-order valence-corrected chi connectivity index (χ2v) is 7.17. The number of aryl methyl sites for hydroxylation is 1. The molecule has 2 nitrogen and oxygen atoms in total. The van der Waals surface area contributed by atoms with Crippen molar-refractivity contribution in [3.8, 4) is 0 Å². The van der Waals surface area contributed by atoms with Crippen LogP contribution in [0.3, 0.4) is 0 Å². The number of rotatable bonds is 5. The number of hydrogen-bond acceptors (Lipinski definition) is 2. The molecule has 1 fully saturated rings. The van der Waals surface area contributed by atoms with Crippen LogP contribution in [-0.4, -0.2) is 37.6 Å². The van der Waals surface area contributed by atoms with Gasteiger partial charge in [0.25, 0.3) is 0 Å². The van der Waals surface area contributed by atoms with Crippen molar-refractivity contribution in [2.45, 2.75) is 57.5 Å². The maximum atomic E-state index is 3.65. The Morgan fingerprint density at radius 3 is 2.62 bits per heavy atom. The molecule has 1 aromatic rings. The molecule has 0 saturated heterocycles. The summed E-state index contributed by atoms with van der Waals surface area (Å²) in [7, 11) is 6.66. The van der Waals surface area contributed by atoms with Gasteiger partial charge in [0, 0.05) is 11.6 Å². The molecule has 0 amide bonds. The molecule has 21 heavy (non-hydrogen) atoms. The van der Waals surface area contributed by atoms with E-state index in [0.29, 0.717) is 6.04 Å². The topological polar surface area (TPSA) is 15.3 Å². The SMILES string of the molecule is CNC(Cc1ccccc1C)C1(N(C)C)CCCC(C)C1. The minimum absolute atomic E-state index is 0.286. The maximum Gasteiger partial charge on any atom is 0.0362 e. The summed E-state index contributed by atoms with van der Waals surface area (Å²) in [6.45, 7) is 4.64. The summed E-state index contributed by atoms with van der Waals surface area (Å²) < 4.78 is 0. The van der Waals surface area contributed by atoms with Gasteiger partial charge in [-0.15, -0.1) is 0 Å². The normalized spacial score (nSPS) is 27.8. The lowest BCUT2D eigenvalue weighted by Crippen LogP contribution is -2.61. The lowest BCUT2D eigenvalue weighted by atomic mass is 9.70. The summed E-state index contributed by atoms with van der Waals surface area (Å²) in [5, 5.41) is 3.65. The third-order valence-electron chi connectivity index (χ3n) is 5.58. The standard InChI is InChI=1S/C19H32N2/c1-15-9-8-12-19(14-15,21(4)5)18(20-3)13-17-11-7-6-10-16(17)2/h6-7,10-11,15,18,20H,8-9,12-14H2,1-5H3. The van der Waals surface area contributed by atoms with Crippen molar-refractivity contribution in [2.24, 2.45) is 5.92 Å². The number of nitrogens with zero attached hydrogens (tertiary/aromatic N) is 1. The Labute approximate surface area is 130 Å². The van der Waals surface area contributed by atoms with E-state index in [4.69, 9.17) is 0 Å². The smallest absolute Gasteiger partial charge is 0.0362 e. The first-order chi connectivity index (χ1) is 9.99. The van der Waals surface area contributed by atoms with E-state index in [2.05, 4.69) is 69.5 Å². The van der Waals surface area contributed by atoms with Crippen molar-refractivity contribution in [1.29, 1.82) is 0 Å². The molecule has 1 aliphatic rings. The van der Waals surface area contributed by atoms with Gasteiger partial charge in [0.15, 0.2) is 0 Å². The highest BCUT2D eigenvalue weighted by atomic mass is 15.2. The van der Waals surface area contributed by atoms with Gasteiger partial charge < -0.3 is 10.2 Å². The lowest BCUT2D eigenvalue weighted by Gasteiger charge is -2.50. The van der Waals surface area contributed by atoms with Crippen LogP contribution in [-0.2, 0) is 6.42 Å². The van der Waals surface area contributed by atoms with E-state index >= 15 is 0 Å². The first-order valence-electron chi connectivity index (χ1n) is 8.39. The average molecular weight is 288 g/mol. The highest BCUT2D eigenvalue weighted by molar-refractivity contribution is 5.27. The zero-order valence-electron chi connectivity index (χ0n) is 14.4. The summed E-state index contributed by atoms with van der Waals surface area (Å²) in [5.41, 5.74) is 3.18. The minimum atomic E-state index is 0.286. The molecule has 0 radical (unpaired) electrons. The fraction of sp³-hybridized carbons (Fsp3) is 0.684. The zero-order valence-corrected chi connectivity index (χ0v) is 14.4. The van der Waals surface area contributed by atoms with Gasteiger partial charge in [0.05, 0.1) is 0 Å². The Balaban J connectivity index is 2.26. The molecule has 2 heteroatoms. The molecular weight excluding hydrogens is 256 g/mol. The van der Waals surface area contributed by atoms with Gasteiger partial charge in [-0.2, -0.15) is 0 Å². The van der Waals surface area contributed by atoms with E-state index < -0.39 is 0 Å². The van der Waals surface area contributed by atoms with E-state index in [9.17, 15) is 0 Å². The van der Waals surface area contributed by atoms with Crippen molar-refractivity contribution in [3.63, 3.8) is 0 Å². The van der Waals surface area contributed by atoms with Crippen LogP contribution < -0.4 is 5.32 Å². The summed E-state index contributed by atoms with van der Waals surface area (Å²) in [4.78, 5) is 2.49. The number of likely N-dealkylation sites (N-methyl/N-ethyl adjacent to an activating group) is 2. The fourth-order valence-corrected chi connectivity index (χ4v) is 4.22. The third-order valence-corrected chi connectivity index (χ3v) is 5.58. The first kappa shape index (κ1) is 16.5. The monoisotopic (exact) mass is 288 g/mol. The van der Waals surface area contributed by atoms with Gasteiger partial charge >= 0.3 is 0 Å². The highest BCUT2D eigenvalue weighted by Gasteiger charge is 2.42. The summed E-state index contributed by atoms with van der Waals surface area (Å²) in [6.07, 6.45) is 6.47. The number of nitrogens with one attached hydrogen (secondary N) is 1. The van der Waals surface area contributed by atoms with Crippen molar-refractivity contribution in [1.82, 2.24) is 10.2 Å². The predicted molar refractivity (Wildman–Crippen MR) is 91.8 cm³/mol. The van der Waals surface area contributed by atoms with E-state index in [1.807, 2.05) is 0 Å². The van der Waals surface area contributed by atoms with Gasteiger partial charge in [0.1, 0.15) is 0 Å². The van der Waals surface area contributed by atoms with Gasteiger partial charge in [-0.1, -0.05) is 44.0 Å². The van der Waals surface area contributed by atoms with Crippen LogP contribution in [0, 0.1) is 12.8 Å². The molecular formula is C19H32N2. The molecule has 2 rings (SSSR count). The molecule has 1 aromatic carbocycles. The van der Waals surface area contributed by atoms with Crippen molar-refractivity contribution < 1.29 is 0 Å². The quantitative estimate of drug-likeness (QED) is 0.890. The second-order valence-electron chi connectivity index (χ2n) is 7.17. The van der Waals surface area contributed by atoms with Crippen LogP contribution in [0.4, 0.5) is 0 Å². The van der Waals surface area contributed by atoms with Crippen LogP contribution in [0.25, 0.3) is 0 Å². The molecule has 3 atom stereocenters. The molecule has 1 aliphatic carbocycles. The summed E-state index contributed by atoms with van der Waals surface area (Å²) in [5.74, 6) is 0.828. The van der Waals surface area contributed by atoms with Crippen LogP contribution in [0.2, 0.25) is 0 Å². The Hall–Kier alpha value is -0.860. The zero-order chi connectivity index (χ0) is 15.5. The van der Waals surface area contributed by atoms with E-state index in [-0.39, 0.29) is 5.54 Å². The molecule has 0 spiro atoms. The molecule has 1 saturated carbocycles. The van der Waals surface area contributed by atoms with E-state index in [1.54, 1.807) is 0 Å². The van der Waals surface area contributed by atoms with Crippen LogP contribution in [0.1, 0.15) is 43.7 Å². The van der Waals surface area contributed by atoms with E-state index in [0.717, 1.165) is 12.3 Å². The third kappa shape index (κ3) is 3.49. The largest absolute Gasteiger partial charge is 0.315 e. The summed E-state index contributed by atoms with van der Waals surface area (Å²) in [6, 6.07) is 9.33. The number of hydrogen-bond donors (Lipinski definition) is 1. The Morgan fingerprint density at radius 2 is 2.05 bits per heavy atom. The van der Waals surface area contributed by atoms with Crippen LogP contribution >= 0.6 is 0 Å². The van der Waals surface area contributed by atoms with E-state index in [1.165, 1.54) is 36.8 Å². The Bertz CT molecular complexity index is 455. The maximum absolute atomic E-state index is 3.65. The lowest BCUT2D eigenvalue weighted by molar-refractivity contribution is 0.0399. The predicted octanol–water partition coefficient (Wildman–Crippen LogP) is 3.64.